The summed E-state index contributed by atoms with van der Waals surface area (Å²) in [7, 11) is 0. The van der Waals surface area contributed by atoms with Crippen molar-refractivity contribution in [1.82, 2.24) is 9.80 Å². The molecule has 2 fully saturated rings. The lowest BCUT2D eigenvalue weighted by Crippen LogP contribution is -2.51. The molecule has 7 nitrogen and oxygen atoms in total. The van der Waals surface area contributed by atoms with E-state index in [1.54, 1.807) is 0 Å². The molecule has 2 heterocycles. The molecule has 88 heavy (non-hydrogen) atoms. The highest BCUT2D eigenvalue weighted by molar-refractivity contribution is 5.96. The van der Waals surface area contributed by atoms with Crippen molar-refractivity contribution in [3.05, 3.63) is 102 Å². The summed E-state index contributed by atoms with van der Waals surface area (Å²) in [4.78, 5) is 49.4. The number of nitrogens with zero attached hydrogens (tertiary/aromatic N) is 3. The zero-order valence-corrected chi connectivity index (χ0v) is 57.4. The number of ketones is 1. The Labute approximate surface area is 541 Å². The summed E-state index contributed by atoms with van der Waals surface area (Å²) in [6, 6.07) is 28.1. The summed E-state index contributed by atoms with van der Waals surface area (Å²) in [6.07, 6.45) is 66.6. The Kier molecular flexibility index (Phi) is 40.7. The SMILES string of the molecule is CC(C)(C)OC(=O)c1cccc(CN2CN(c3ccccc3)C3(CCCCCCCCCCCCCCCCCCCCCCCCCCCCCCCCCCCCCCCCCCCCCCCCN(CCCC(=O)c4ccccc4)CC3)C2=O)c1. The van der Waals surface area contributed by atoms with E-state index in [0.29, 0.717) is 25.2 Å². The van der Waals surface area contributed by atoms with Crippen LogP contribution in [0.2, 0.25) is 0 Å². The zero-order valence-electron chi connectivity index (χ0n) is 57.4. The van der Waals surface area contributed by atoms with E-state index in [1.165, 1.54) is 276 Å². The Balaban J connectivity index is 1.17. The Morgan fingerprint density at radius 1 is 0.420 bits per heavy atom. The molecule has 3 aromatic carbocycles. The van der Waals surface area contributed by atoms with Crippen LogP contribution in [0.25, 0.3) is 0 Å². The van der Waals surface area contributed by atoms with Crippen molar-refractivity contribution in [1.29, 1.82) is 0 Å². The van der Waals surface area contributed by atoms with Crippen LogP contribution in [0.4, 0.5) is 5.69 Å². The van der Waals surface area contributed by atoms with Gasteiger partial charge in [-0.05, 0) is 89.4 Å². The minimum atomic E-state index is -0.718. The number of benzene rings is 3. The number of para-hydroxylation sites is 1. The van der Waals surface area contributed by atoms with Crippen LogP contribution >= 0.6 is 0 Å². The zero-order chi connectivity index (χ0) is 62.3. The van der Waals surface area contributed by atoms with Crippen molar-refractivity contribution in [3.63, 3.8) is 0 Å². The number of hydrogen-bond donors (Lipinski definition) is 0. The highest BCUT2D eigenvalue weighted by atomic mass is 16.6. The van der Waals surface area contributed by atoms with E-state index in [4.69, 9.17) is 4.74 Å². The molecule has 1 unspecified atom stereocenters. The van der Waals surface area contributed by atoms with Gasteiger partial charge in [0, 0.05) is 30.8 Å². The van der Waals surface area contributed by atoms with Crippen molar-refractivity contribution >= 4 is 23.3 Å². The van der Waals surface area contributed by atoms with Gasteiger partial charge in [0.25, 0.3) is 0 Å². The topological polar surface area (TPSA) is 70.2 Å². The lowest BCUT2D eigenvalue weighted by molar-refractivity contribution is -0.133. The summed E-state index contributed by atoms with van der Waals surface area (Å²) in [5.74, 6) is 0.0530. The number of Topliss-reactive ketones (excluding diaryl/α,β-unsaturated/α-hetero) is 1. The Hall–Kier alpha value is -3.97. The smallest absolute Gasteiger partial charge is 0.338 e. The van der Waals surface area contributed by atoms with Gasteiger partial charge >= 0.3 is 5.97 Å². The second-order valence-electron chi connectivity index (χ2n) is 28.6. The van der Waals surface area contributed by atoms with Crippen LogP contribution in [0.1, 0.15) is 368 Å². The number of carbonyl (C=O) groups excluding carboxylic acids is 3. The molecular weight excluding hydrogens is 1080 g/mol. The average Bonchev–Trinajstić information content (AvgIpc) is 2.53. The molecule has 5 rings (SSSR count). The number of anilines is 1. The lowest BCUT2D eigenvalue weighted by Gasteiger charge is -2.39. The van der Waals surface area contributed by atoms with Crippen LogP contribution in [-0.2, 0) is 16.1 Å². The van der Waals surface area contributed by atoms with Gasteiger partial charge in [0.15, 0.2) is 5.78 Å². The van der Waals surface area contributed by atoms with Gasteiger partial charge in [-0.3, -0.25) is 9.59 Å². The maximum atomic E-state index is 15.6. The number of esters is 1. The minimum Gasteiger partial charge on any atom is -0.456 e. The van der Waals surface area contributed by atoms with E-state index >= 15 is 4.79 Å². The molecule has 0 N–H and O–H groups in total. The van der Waals surface area contributed by atoms with Gasteiger partial charge in [0.1, 0.15) is 11.1 Å². The van der Waals surface area contributed by atoms with E-state index in [0.717, 1.165) is 75.0 Å². The third-order valence-corrected chi connectivity index (χ3v) is 19.6. The van der Waals surface area contributed by atoms with Gasteiger partial charge in [-0.1, -0.05) is 350 Å². The van der Waals surface area contributed by atoms with E-state index in [-0.39, 0.29) is 17.7 Å². The molecule has 0 aliphatic carbocycles. The Morgan fingerprint density at radius 3 is 1.18 bits per heavy atom. The second kappa shape index (κ2) is 47.9. The quantitative estimate of drug-likeness (QED) is 0.157. The van der Waals surface area contributed by atoms with Crippen LogP contribution in [-0.4, -0.2) is 64.9 Å². The number of hydrogen-bond acceptors (Lipinski definition) is 6. The Morgan fingerprint density at radius 2 is 0.784 bits per heavy atom. The fourth-order valence-electron chi connectivity index (χ4n) is 14.2. The van der Waals surface area contributed by atoms with Crippen LogP contribution in [0.15, 0.2) is 84.9 Å². The first-order valence-corrected chi connectivity index (χ1v) is 37.9. The maximum Gasteiger partial charge on any atom is 0.338 e. The van der Waals surface area contributed by atoms with E-state index in [2.05, 4.69) is 40.1 Å². The Bertz CT molecular complexity index is 2190. The molecule has 1 atom stereocenters. The molecule has 0 bridgehead atoms. The average molecular weight is 1210 g/mol. The lowest BCUT2D eigenvalue weighted by atomic mass is 9.85. The molecule has 7 heteroatoms. The number of carbonyl (C=O) groups is 3. The molecule has 2 aliphatic rings. The number of rotatable bonds is 9. The van der Waals surface area contributed by atoms with Gasteiger partial charge < -0.3 is 19.4 Å². The van der Waals surface area contributed by atoms with Gasteiger partial charge in [-0.2, -0.15) is 0 Å². The summed E-state index contributed by atoms with van der Waals surface area (Å²) >= 11 is 0. The molecule has 1 amide bonds. The highest BCUT2D eigenvalue weighted by Crippen LogP contribution is 2.40. The van der Waals surface area contributed by atoms with E-state index in [1.807, 2.05) is 80.3 Å². The first kappa shape index (κ1) is 74.8. The molecule has 0 radical (unpaired) electrons. The molecule has 2 saturated heterocycles. The standard InChI is InChI=1S/C81H133N3O4/c1-80(2,3)88-78(86)75-61-56-58-73(70-75)71-83-72-84(76-62-52-49-53-63-76)81(79(83)87)65-54-46-44-42-40-38-36-34-32-30-28-26-24-22-20-18-16-14-12-10-8-6-4-5-7-9-11-13-15-17-19-21-23-25-27-29-31-33-35-37-39-41-43-45-47-55-67-82(69-66-81)68-57-64-77(85)74-59-50-48-51-60-74/h48-53,56,58-63,70H,4-47,54-55,57,64-69,71-72H2,1-3H3. The summed E-state index contributed by atoms with van der Waals surface area (Å²) in [5.41, 5.74) is 2.00. The van der Waals surface area contributed by atoms with Crippen molar-refractivity contribution in [2.75, 3.05) is 31.2 Å². The first-order chi connectivity index (χ1) is 43.1. The number of ether oxygens (including phenoxy) is 1. The van der Waals surface area contributed by atoms with Gasteiger partial charge in [0.2, 0.25) is 5.91 Å². The van der Waals surface area contributed by atoms with Crippen molar-refractivity contribution in [3.8, 4) is 0 Å². The first-order valence-electron chi connectivity index (χ1n) is 37.9. The molecule has 3 aromatic rings. The number of amides is 1. The second-order valence-corrected chi connectivity index (χ2v) is 28.6. The molecule has 0 aromatic heterocycles. The van der Waals surface area contributed by atoms with Gasteiger partial charge in [0.05, 0.1) is 12.2 Å². The molecular formula is C81H133N3O4. The highest BCUT2D eigenvalue weighted by Gasteiger charge is 2.52. The molecule has 1 spiro atoms. The van der Waals surface area contributed by atoms with E-state index in [9.17, 15) is 9.59 Å². The van der Waals surface area contributed by atoms with Gasteiger partial charge in [-0.15, -0.1) is 0 Å². The van der Waals surface area contributed by atoms with Crippen LogP contribution < -0.4 is 4.90 Å². The predicted molar refractivity (Wildman–Crippen MR) is 377 cm³/mol. The molecule has 2 aliphatic heterocycles. The van der Waals surface area contributed by atoms with Crippen molar-refractivity contribution in [2.45, 2.75) is 359 Å². The molecule has 0 saturated carbocycles. The maximum absolute atomic E-state index is 15.6. The third kappa shape index (κ3) is 33.4. The molecule has 496 valence electrons. The monoisotopic (exact) mass is 1210 g/mol. The largest absolute Gasteiger partial charge is 0.456 e. The van der Waals surface area contributed by atoms with Crippen LogP contribution in [0, 0.1) is 0 Å². The minimum absolute atomic E-state index is 0.188. The van der Waals surface area contributed by atoms with E-state index < -0.39 is 11.1 Å². The van der Waals surface area contributed by atoms with Crippen LogP contribution in [0.3, 0.4) is 0 Å². The summed E-state index contributed by atoms with van der Waals surface area (Å²) in [6.45, 7) is 9.23. The third-order valence-electron chi connectivity index (χ3n) is 19.6. The summed E-state index contributed by atoms with van der Waals surface area (Å²) in [5, 5.41) is 0. The fraction of sp³-hybridized carbons (Fsp3) is 0.741. The van der Waals surface area contributed by atoms with Gasteiger partial charge in [-0.25, -0.2) is 4.79 Å². The summed E-state index contributed by atoms with van der Waals surface area (Å²) < 4.78 is 5.78. The van der Waals surface area contributed by atoms with Crippen molar-refractivity contribution in [2.24, 2.45) is 0 Å². The fourth-order valence-corrected chi connectivity index (χ4v) is 14.2. The normalized spacial score (nSPS) is 21.8. The predicted octanol–water partition coefficient (Wildman–Crippen LogP) is 23.9. The van der Waals surface area contributed by atoms with Crippen LogP contribution in [0.5, 0.6) is 0 Å². The van der Waals surface area contributed by atoms with Crippen molar-refractivity contribution < 1.29 is 19.1 Å².